The lowest BCUT2D eigenvalue weighted by molar-refractivity contribution is -0.135. The number of allylic oxidation sites excluding steroid dienone is 1. The van der Waals surface area contributed by atoms with E-state index in [0.717, 1.165) is 18.6 Å². The van der Waals surface area contributed by atoms with Crippen LogP contribution >= 0.6 is 0 Å². The van der Waals surface area contributed by atoms with Gasteiger partial charge in [-0.25, -0.2) is 4.79 Å². The summed E-state index contributed by atoms with van der Waals surface area (Å²) in [6.07, 6.45) is 2.86. The van der Waals surface area contributed by atoms with E-state index >= 15 is 0 Å². The standard InChI is InChI=1S/C11H14O3/c1-7-3-8-5-14-6-9(8)4-10(7)11(12)13-2/h4,8H,3,5-6H2,1-2H3. The summed E-state index contributed by atoms with van der Waals surface area (Å²) in [5, 5.41) is 0. The maximum Gasteiger partial charge on any atom is 0.337 e. The number of ether oxygens (including phenoxy) is 2. The number of carbonyl (C=O) groups is 1. The van der Waals surface area contributed by atoms with E-state index in [4.69, 9.17) is 9.47 Å². The number of rotatable bonds is 1. The lowest BCUT2D eigenvalue weighted by atomic mass is 9.86. The van der Waals surface area contributed by atoms with Crippen LogP contribution in [0.3, 0.4) is 0 Å². The summed E-state index contributed by atoms with van der Waals surface area (Å²) >= 11 is 0. The molecule has 1 atom stereocenters. The Hall–Kier alpha value is -1.09. The molecule has 3 nitrogen and oxygen atoms in total. The highest BCUT2D eigenvalue weighted by Gasteiger charge is 2.28. The van der Waals surface area contributed by atoms with Gasteiger partial charge in [0.1, 0.15) is 0 Å². The normalized spacial score (nSPS) is 25.9. The van der Waals surface area contributed by atoms with Gasteiger partial charge in [0.15, 0.2) is 0 Å². The average molecular weight is 194 g/mol. The summed E-state index contributed by atoms with van der Waals surface area (Å²) in [5.74, 6) is 0.253. The smallest absolute Gasteiger partial charge is 0.337 e. The number of carbonyl (C=O) groups excluding carboxylic acids is 1. The topological polar surface area (TPSA) is 35.5 Å². The van der Waals surface area contributed by atoms with Crippen LogP contribution in [-0.2, 0) is 14.3 Å². The van der Waals surface area contributed by atoms with Gasteiger partial charge in [-0.15, -0.1) is 0 Å². The molecule has 1 aliphatic carbocycles. The third kappa shape index (κ3) is 1.48. The minimum atomic E-state index is -0.236. The van der Waals surface area contributed by atoms with Crippen molar-refractivity contribution in [3.8, 4) is 0 Å². The van der Waals surface area contributed by atoms with E-state index in [1.165, 1.54) is 12.7 Å². The van der Waals surface area contributed by atoms with E-state index in [0.29, 0.717) is 18.1 Å². The zero-order valence-electron chi connectivity index (χ0n) is 8.50. The first-order valence-electron chi connectivity index (χ1n) is 4.78. The summed E-state index contributed by atoms with van der Waals surface area (Å²) in [6, 6.07) is 0. The molecule has 3 heteroatoms. The van der Waals surface area contributed by atoms with Crippen LogP contribution in [0, 0.1) is 5.92 Å². The van der Waals surface area contributed by atoms with Gasteiger partial charge in [-0.2, -0.15) is 0 Å². The van der Waals surface area contributed by atoms with E-state index in [2.05, 4.69) is 0 Å². The molecule has 0 amide bonds. The van der Waals surface area contributed by atoms with Crippen molar-refractivity contribution in [3.63, 3.8) is 0 Å². The number of hydrogen-bond acceptors (Lipinski definition) is 3. The molecule has 0 aromatic carbocycles. The van der Waals surface area contributed by atoms with E-state index < -0.39 is 0 Å². The van der Waals surface area contributed by atoms with Crippen LogP contribution in [0.2, 0.25) is 0 Å². The van der Waals surface area contributed by atoms with E-state index in [1.807, 2.05) is 13.0 Å². The molecular weight excluding hydrogens is 180 g/mol. The molecule has 1 heterocycles. The van der Waals surface area contributed by atoms with Gasteiger partial charge in [0, 0.05) is 5.92 Å². The van der Waals surface area contributed by atoms with Crippen molar-refractivity contribution in [2.24, 2.45) is 5.92 Å². The van der Waals surface area contributed by atoms with Crippen molar-refractivity contribution < 1.29 is 14.3 Å². The van der Waals surface area contributed by atoms with Crippen LogP contribution in [0.4, 0.5) is 0 Å². The second-order valence-electron chi connectivity index (χ2n) is 3.82. The number of hydrogen-bond donors (Lipinski definition) is 0. The molecule has 0 N–H and O–H groups in total. The maximum absolute atomic E-state index is 11.4. The van der Waals surface area contributed by atoms with Crippen molar-refractivity contribution in [1.29, 1.82) is 0 Å². The number of fused-ring (bicyclic) bond motifs is 1. The molecule has 0 bridgehead atoms. The molecule has 14 heavy (non-hydrogen) atoms. The lowest BCUT2D eigenvalue weighted by Crippen LogP contribution is -2.14. The first-order chi connectivity index (χ1) is 6.72. The molecule has 0 saturated carbocycles. The molecular formula is C11H14O3. The first-order valence-corrected chi connectivity index (χ1v) is 4.78. The van der Waals surface area contributed by atoms with Gasteiger partial charge in [0.25, 0.3) is 0 Å². The van der Waals surface area contributed by atoms with Crippen molar-refractivity contribution in [2.45, 2.75) is 13.3 Å². The van der Waals surface area contributed by atoms with Crippen LogP contribution < -0.4 is 0 Å². The van der Waals surface area contributed by atoms with Crippen molar-refractivity contribution >= 4 is 5.97 Å². The highest BCUT2D eigenvalue weighted by atomic mass is 16.5. The average Bonchev–Trinajstić information content (AvgIpc) is 2.62. The predicted octanol–water partition coefficient (Wildman–Crippen LogP) is 1.45. The molecule has 0 aromatic rings. The zero-order chi connectivity index (χ0) is 10.1. The van der Waals surface area contributed by atoms with Crippen LogP contribution in [0.15, 0.2) is 22.8 Å². The van der Waals surface area contributed by atoms with Gasteiger partial charge in [0.2, 0.25) is 0 Å². The molecule has 0 radical (unpaired) electrons. The molecule has 1 aliphatic heterocycles. The zero-order valence-corrected chi connectivity index (χ0v) is 8.50. The Morgan fingerprint density at radius 1 is 1.64 bits per heavy atom. The fraction of sp³-hybridized carbons (Fsp3) is 0.545. The minimum absolute atomic E-state index is 0.236. The quantitative estimate of drug-likeness (QED) is 0.593. The van der Waals surface area contributed by atoms with Crippen LogP contribution in [0.25, 0.3) is 0 Å². The largest absolute Gasteiger partial charge is 0.465 e. The maximum atomic E-state index is 11.4. The summed E-state index contributed by atoms with van der Waals surface area (Å²) in [7, 11) is 1.42. The fourth-order valence-electron chi connectivity index (χ4n) is 2.02. The lowest BCUT2D eigenvalue weighted by Gasteiger charge is -2.18. The van der Waals surface area contributed by atoms with Gasteiger partial charge in [-0.1, -0.05) is 5.57 Å². The molecule has 2 aliphatic rings. The molecule has 2 rings (SSSR count). The third-order valence-electron chi connectivity index (χ3n) is 2.86. The Morgan fingerprint density at radius 3 is 3.14 bits per heavy atom. The van der Waals surface area contributed by atoms with Gasteiger partial charge >= 0.3 is 5.97 Å². The van der Waals surface area contributed by atoms with Crippen molar-refractivity contribution in [1.82, 2.24) is 0 Å². The first kappa shape index (κ1) is 9.46. The highest BCUT2D eigenvalue weighted by molar-refractivity contribution is 5.93. The second kappa shape index (κ2) is 3.58. The summed E-state index contributed by atoms with van der Waals surface area (Å²) in [4.78, 5) is 11.4. The minimum Gasteiger partial charge on any atom is -0.465 e. The Balaban J connectivity index is 2.28. The summed E-state index contributed by atoms with van der Waals surface area (Å²) in [6.45, 7) is 3.44. The van der Waals surface area contributed by atoms with Gasteiger partial charge < -0.3 is 9.47 Å². The molecule has 1 unspecified atom stereocenters. The molecule has 1 fully saturated rings. The van der Waals surface area contributed by atoms with E-state index in [-0.39, 0.29) is 5.97 Å². The van der Waals surface area contributed by atoms with Crippen LogP contribution in [-0.4, -0.2) is 26.3 Å². The fourth-order valence-corrected chi connectivity index (χ4v) is 2.02. The van der Waals surface area contributed by atoms with Crippen molar-refractivity contribution in [2.75, 3.05) is 20.3 Å². The van der Waals surface area contributed by atoms with Crippen LogP contribution in [0.1, 0.15) is 13.3 Å². The van der Waals surface area contributed by atoms with Gasteiger partial charge in [-0.3, -0.25) is 0 Å². The van der Waals surface area contributed by atoms with Crippen LogP contribution in [0.5, 0.6) is 0 Å². The molecule has 0 aromatic heterocycles. The Bertz CT molecular complexity index is 325. The SMILES string of the molecule is COC(=O)C1=C(C)CC2COCC2=C1. The third-order valence-corrected chi connectivity index (χ3v) is 2.86. The van der Waals surface area contributed by atoms with Gasteiger partial charge in [0.05, 0.1) is 25.9 Å². The molecule has 1 saturated heterocycles. The second-order valence-corrected chi connectivity index (χ2v) is 3.82. The Kier molecular flexibility index (Phi) is 2.42. The van der Waals surface area contributed by atoms with Gasteiger partial charge in [-0.05, 0) is 25.0 Å². The highest BCUT2D eigenvalue weighted by Crippen LogP contribution is 2.33. The van der Waals surface area contributed by atoms with E-state index in [1.54, 1.807) is 0 Å². The number of methoxy groups -OCH3 is 1. The molecule has 0 spiro atoms. The Labute approximate surface area is 83.4 Å². The summed E-state index contributed by atoms with van der Waals surface area (Å²) in [5.41, 5.74) is 3.05. The number of esters is 1. The Morgan fingerprint density at radius 2 is 2.43 bits per heavy atom. The van der Waals surface area contributed by atoms with Crippen molar-refractivity contribution in [3.05, 3.63) is 22.8 Å². The predicted molar refractivity (Wildman–Crippen MR) is 51.7 cm³/mol. The molecule has 76 valence electrons. The van der Waals surface area contributed by atoms with E-state index in [9.17, 15) is 4.79 Å². The monoisotopic (exact) mass is 194 g/mol. The summed E-state index contributed by atoms with van der Waals surface area (Å²) < 4.78 is 10.1.